The lowest BCUT2D eigenvalue weighted by atomic mass is 10.1. The Morgan fingerprint density at radius 1 is 1.44 bits per heavy atom. The van der Waals surface area contributed by atoms with Crippen LogP contribution in [-0.2, 0) is 9.53 Å². The molecule has 1 saturated heterocycles. The highest BCUT2D eigenvalue weighted by molar-refractivity contribution is 5.85. The molecule has 94 valence electrons. The van der Waals surface area contributed by atoms with Crippen LogP contribution in [0.1, 0.15) is 26.2 Å². The summed E-state index contributed by atoms with van der Waals surface area (Å²) in [5, 5.41) is 6.26. The van der Waals surface area contributed by atoms with E-state index in [1.165, 1.54) is 12.8 Å². The molecule has 3 atom stereocenters. The van der Waals surface area contributed by atoms with E-state index in [0.29, 0.717) is 25.1 Å². The van der Waals surface area contributed by atoms with Crippen LogP contribution in [0.3, 0.4) is 0 Å². The van der Waals surface area contributed by atoms with Gasteiger partial charge in [0, 0.05) is 19.1 Å². The first-order valence-electron chi connectivity index (χ1n) is 5.90. The Kier molecular flexibility index (Phi) is 5.52. The van der Waals surface area contributed by atoms with Crippen molar-refractivity contribution < 1.29 is 9.53 Å². The number of ether oxygens (including phenoxy) is 1. The van der Waals surface area contributed by atoms with Gasteiger partial charge < -0.3 is 15.4 Å². The average molecular weight is 249 g/mol. The summed E-state index contributed by atoms with van der Waals surface area (Å²) in [4.78, 5) is 11.8. The van der Waals surface area contributed by atoms with Crippen molar-refractivity contribution in [3.8, 4) is 0 Å². The fourth-order valence-electron chi connectivity index (χ4n) is 2.37. The summed E-state index contributed by atoms with van der Waals surface area (Å²) in [6.45, 7) is 4.34. The highest BCUT2D eigenvalue weighted by Gasteiger charge is 2.28. The van der Waals surface area contributed by atoms with Gasteiger partial charge in [0.25, 0.3) is 5.91 Å². The molecule has 1 amide bonds. The SMILES string of the molecule is CC1CCCC1NC(=O)[C@H]1CNCCO1.Cl. The average Bonchev–Trinajstić information content (AvgIpc) is 2.66. The lowest BCUT2D eigenvalue weighted by Crippen LogP contribution is -2.50. The predicted molar refractivity (Wildman–Crippen MR) is 64.8 cm³/mol. The number of hydrogen-bond donors (Lipinski definition) is 2. The standard InChI is InChI=1S/C11H20N2O2.ClH/c1-8-3-2-4-9(8)13-11(14)10-7-12-5-6-15-10;/h8-10,12H,2-7H2,1H3,(H,13,14);1H/t8?,9?,10-;/m1./s1. The first-order chi connectivity index (χ1) is 7.27. The van der Waals surface area contributed by atoms with E-state index in [0.717, 1.165) is 13.0 Å². The number of morpholine rings is 1. The Labute approximate surface area is 103 Å². The van der Waals surface area contributed by atoms with Crippen molar-refractivity contribution in [1.29, 1.82) is 0 Å². The zero-order valence-electron chi connectivity index (χ0n) is 9.70. The van der Waals surface area contributed by atoms with Crippen LogP contribution in [0.25, 0.3) is 0 Å². The van der Waals surface area contributed by atoms with Crippen molar-refractivity contribution in [1.82, 2.24) is 10.6 Å². The maximum Gasteiger partial charge on any atom is 0.250 e. The highest BCUT2D eigenvalue weighted by atomic mass is 35.5. The van der Waals surface area contributed by atoms with Gasteiger partial charge in [0.1, 0.15) is 6.10 Å². The van der Waals surface area contributed by atoms with Crippen molar-refractivity contribution in [2.45, 2.75) is 38.3 Å². The summed E-state index contributed by atoms with van der Waals surface area (Å²) < 4.78 is 5.41. The number of rotatable bonds is 2. The van der Waals surface area contributed by atoms with E-state index in [1.807, 2.05) is 0 Å². The van der Waals surface area contributed by atoms with Crippen LogP contribution in [0, 0.1) is 5.92 Å². The van der Waals surface area contributed by atoms with Crippen LogP contribution < -0.4 is 10.6 Å². The van der Waals surface area contributed by atoms with Crippen LogP contribution in [0.5, 0.6) is 0 Å². The quantitative estimate of drug-likeness (QED) is 0.757. The fourth-order valence-corrected chi connectivity index (χ4v) is 2.37. The normalized spacial score (nSPS) is 34.2. The van der Waals surface area contributed by atoms with E-state index in [9.17, 15) is 4.79 Å². The predicted octanol–water partition coefficient (Wildman–Crippen LogP) is 0.701. The topological polar surface area (TPSA) is 50.4 Å². The molecule has 5 heteroatoms. The molecule has 1 heterocycles. The van der Waals surface area contributed by atoms with Gasteiger partial charge >= 0.3 is 0 Å². The van der Waals surface area contributed by atoms with Crippen molar-refractivity contribution in [2.75, 3.05) is 19.7 Å². The number of carbonyl (C=O) groups excluding carboxylic acids is 1. The van der Waals surface area contributed by atoms with E-state index in [4.69, 9.17) is 4.74 Å². The first-order valence-corrected chi connectivity index (χ1v) is 5.90. The van der Waals surface area contributed by atoms with Gasteiger partial charge in [0.15, 0.2) is 0 Å². The van der Waals surface area contributed by atoms with E-state index in [-0.39, 0.29) is 24.4 Å². The molecule has 16 heavy (non-hydrogen) atoms. The molecular formula is C11H21ClN2O2. The van der Waals surface area contributed by atoms with Crippen molar-refractivity contribution in [2.24, 2.45) is 5.92 Å². The molecular weight excluding hydrogens is 228 g/mol. The molecule has 2 aliphatic rings. The molecule has 4 nitrogen and oxygen atoms in total. The van der Waals surface area contributed by atoms with Crippen LogP contribution in [0.2, 0.25) is 0 Å². The van der Waals surface area contributed by atoms with Crippen LogP contribution >= 0.6 is 12.4 Å². The molecule has 0 aromatic carbocycles. The summed E-state index contributed by atoms with van der Waals surface area (Å²) in [5.74, 6) is 0.673. The third-order valence-electron chi connectivity index (χ3n) is 3.41. The monoisotopic (exact) mass is 248 g/mol. The van der Waals surface area contributed by atoms with Crippen LogP contribution in [0.15, 0.2) is 0 Å². The van der Waals surface area contributed by atoms with Gasteiger partial charge in [-0.15, -0.1) is 12.4 Å². The zero-order valence-corrected chi connectivity index (χ0v) is 10.5. The lowest BCUT2D eigenvalue weighted by Gasteiger charge is -2.25. The minimum Gasteiger partial charge on any atom is -0.366 e. The maximum atomic E-state index is 11.8. The fraction of sp³-hybridized carbons (Fsp3) is 0.909. The molecule has 0 spiro atoms. The van der Waals surface area contributed by atoms with Gasteiger partial charge in [-0.3, -0.25) is 4.79 Å². The Hall–Kier alpha value is -0.320. The lowest BCUT2D eigenvalue weighted by molar-refractivity contribution is -0.135. The highest BCUT2D eigenvalue weighted by Crippen LogP contribution is 2.24. The minimum atomic E-state index is -0.286. The van der Waals surface area contributed by atoms with Gasteiger partial charge in [-0.1, -0.05) is 13.3 Å². The summed E-state index contributed by atoms with van der Waals surface area (Å²) >= 11 is 0. The molecule has 1 aliphatic carbocycles. The maximum absolute atomic E-state index is 11.8. The smallest absolute Gasteiger partial charge is 0.250 e. The number of hydrogen-bond acceptors (Lipinski definition) is 3. The van der Waals surface area contributed by atoms with Gasteiger partial charge in [0.05, 0.1) is 6.61 Å². The molecule has 1 saturated carbocycles. The summed E-state index contributed by atoms with van der Waals surface area (Å²) in [5.41, 5.74) is 0. The second-order valence-corrected chi connectivity index (χ2v) is 4.59. The Balaban J connectivity index is 0.00000128. The second-order valence-electron chi connectivity index (χ2n) is 4.59. The number of halogens is 1. The van der Waals surface area contributed by atoms with E-state index in [1.54, 1.807) is 0 Å². The molecule has 0 radical (unpaired) electrons. The molecule has 2 unspecified atom stereocenters. The van der Waals surface area contributed by atoms with E-state index >= 15 is 0 Å². The van der Waals surface area contributed by atoms with Gasteiger partial charge in [-0.05, 0) is 18.8 Å². The van der Waals surface area contributed by atoms with Crippen molar-refractivity contribution >= 4 is 18.3 Å². The van der Waals surface area contributed by atoms with E-state index in [2.05, 4.69) is 17.6 Å². The number of carbonyl (C=O) groups is 1. The van der Waals surface area contributed by atoms with Gasteiger partial charge in [-0.2, -0.15) is 0 Å². The summed E-state index contributed by atoms with van der Waals surface area (Å²) in [7, 11) is 0. The largest absolute Gasteiger partial charge is 0.366 e. The van der Waals surface area contributed by atoms with Crippen molar-refractivity contribution in [3.63, 3.8) is 0 Å². The molecule has 0 aromatic heterocycles. The third kappa shape index (κ3) is 3.34. The summed E-state index contributed by atoms with van der Waals surface area (Å²) in [6.07, 6.45) is 3.30. The molecule has 1 aliphatic heterocycles. The summed E-state index contributed by atoms with van der Waals surface area (Å²) in [6, 6.07) is 0.364. The van der Waals surface area contributed by atoms with Crippen LogP contribution in [-0.4, -0.2) is 37.7 Å². The molecule has 2 fully saturated rings. The van der Waals surface area contributed by atoms with Crippen molar-refractivity contribution in [3.05, 3.63) is 0 Å². The number of amides is 1. The Bertz CT molecular complexity index is 232. The second kappa shape index (κ2) is 6.42. The number of nitrogens with one attached hydrogen (secondary N) is 2. The molecule has 2 rings (SSSR count). The Morgan fingerprint density at radius 3 is 2.81 bits per heavy atom. The third-order valence-corrected chi connectivity index (χ3v) is 3.41. The Morgan fingerprint density at radius 2 is 2.25 bits per heavy atom. The molecule has 0 aromatic rings. The van der Waals surface area contributed by atoms with E-state index < -0.39 is 0 Å². The first kappa shape index (κ1) is 13.7. The molecule has 2 N–H and O–H groups in total. The van der Waals surface area contributed by atoms with Crippen LogP contribution in [0.4, 0.5) is 0 Å². The van der Waals surface area contributed by atoms with Gasteiger partial charge in [-0.25, -0.2) is 0 Å². The van der Waals surface area contributed by atoms with Gasteiger partial charge in [0.2, 0.25) is 0 Å². The molecule has 0 bridgehead atoms. The zero-order chi connectivity index (χ0) is 10.7. The minimum absolute atomic E-state index is 0.